The average Bonchev–Trinajstić information content (AvgIpc) is 2.09. The number of nitrogens with zero attached hydrogens (tertiary/aromatic N) is 1. The molecule has 0 spiro atoms. The van der Waals surface area contributed by atoms with Gasteiger partial charge < -0.3 is 5.11 Å². The van der Waals surface area contributed by atoms with E-state index in [0.29, 0.717) is 0 Å². The molecule has 0 saturated carbocycles. The average molecular weight is 169 g/mol. The number of hydrogen-bond acceptors (Lipinski definition) is 2. The van der Waals surface area contributed by atoms with Crippen molar-refractivity contribution >= 4 is 0 Å². The van der Waals surface area contributed by atoms with Gasteiger partial charge in [0.05, 0.1) is 18.2 Å². The van der Waals surface area contributed by atoms with Gasteiger partial charge in [-0.2, -0.15) is 5.26 Å². The molecule has 0 fully saturated rings. The molecule has 0 unspecified atom stereocenters. The monoisotopic (exact) mass is 169 g/mol. The lowest BCUT2D eigenvalue weighted by Crippen LogP contribution is -1.97. The molecular weight excluding hydrogens is 164 g/mol. The second-order valence-electron chi connectivity index (χ2n) is 2.16. The van der Waals surface area contributed by atoms with Crippen LogP contribution in [0.1, 0.15) is 11.1 Å². The number of hydrogen-bond donors (Lipinski definition) is 1. The molecule has 1 N–H and O–H groups in total. The van der Waals surface area contributed by atoms with Gasteiger partial charge >= 0.3 is 0 Å². The highest BCUT2D eigenvalue weighted by atomic mass is 19.2. The van der Waals surface area contributed by atoms with Gasteiger partial charge in [0.15, 0.2) is 11.6 Å². The molecule has 2 nitrogen and oxygen atoms in total. The first kappa shape index (κ1) is 8.62. The molecule has 12 heavy (non-hydrogen) atoms. The summed E-state index contributed by atoms with van der Waals surface area (Å²) in [6.07, 6.45) is 0. The Morgan fingerprint density at radius 3 is 2.58 bits per heavy atom. The third kappa shape index (κ3) is 1.27. The van der Waals surface area contributed by atoms with Gasteiger partial charge in [0.1, 0.15) is 0 Å². The molecule has 0 saturated heterocycles. The maximum absolute atomic E-state index is 12.8. The highest BCUT2D eigenvalue weighted by Crippen LogP contribution is 2.15. The van der Waals surface area contributed by atoms with Crippen LogP contribution in [-0.4, -0.2) is 5.11 Å². The minimum absolute atomic E-state index is 0.0450. The summed E-state index contributed by atoms with van der Waals surface area (Å²) in [5, 5.41) is 17.0. The van der Waals surface area contributed by atoms with E-state index in [1.54, 1.807) is 6.07 Å². The van der Waals surface area contributed by atoms with E-state index in [9.17, 15) is 8.78 Å². The van der Waals surface area contributed by atoms with E-state index in [4.69, 9.17) is 10.4 Å². The van der Waals surface area contributed by atoms with E-state index >= 15 is 0 Å². The van der Waals surface area contributed by atoms with Gasteiger partial charge in [-0.25, -0.2) is 8.78 Å². The predicted molar refractivity (Wildman–Crippen MR) is 37.0 cm³/mol. The predicted octanol–water partition coefficient (Wildman–Crippen LogP) is 1.33. The molecule has 1 aromatic carbocycles. The molecule has 1 rings (SSSR count). The molecule has 0 bridgehead atoms. The Kier molecular flexibility index (Phi) is 2.36. The third-order valence-corrected chi connectivity index (χ3v) is 1.47. The normalized spacial score (nSPS) is 9.50. The van der Waals surface area contributed by atoms with Crippen molar-refractivity contribution in [1.29, 1.82) is 5.26 Å². The van der Waals surface area contributed by atoms with Crippen LogP contribution in [0.5, 0.6) is 0 Å². The van der Waals surface area contributed by atoms with Crippen molar-refractivity contribution in [2.75, 3.05) is 0 Å². The molecule has 0 aliphatic carbocycles. The molecule has 0 aliphatic rings. The fourth-order valence-electron chi connectivity index (χ4n) is 0.852. The number of benzene rings is 1. The Hall–Kier alpha value is -1.47. The van der Waals surface area contributed by atoms with Crippen LogP contribution >= 0.6 is 0 Å². The topological polar surface area (TPSA) is 44.0 Å². The second kappa shape index (κ2) is 3.28. The molecule has 0 amide bonds. The number of halogens is 2. The summed E-state index contributed by atoms with van der Waals surface area (Å²) in [5.74, 6) is -2.21. The van der Waals surface area contributed by atoms with Crippen molar-refractivity contribution in [3.05, 3.63) is 34.9 Å². The maximum atomic E-state index is 12.8. The smallest absolute Gasteiger partial charge is 0.165 e. The SMILES string of the molecule is N#Cc1ccc(F)c(F)c1CO. The number of nitriles is 1. The van der Waals surface area contributed by atoms with Gasteiger partial charge in [0, 0.05) is 5.56 Å². The van der Waals surface area contributed by atoms with Gasteiger partial charge in [-0.15, -0.1) is 0 Å². The number of rotatable bonds is 1. The summed E-state index contributed by atoms with van der Waals surface area (Å²) in [7, 11) is 0. The minimum atomic E-state index is -1.16. The van der Waals surface area contributed by atoms with Crippen LogP contribution in [0.4, 0.5) is 8.78 Å². The summed E-state index contributed by atoms with van der Waals surface area (Å²) in [4.78, 5) is 0. The molecule has 0 aliphatic heterocycles. The Balaban J connectivity index is 3.38. The van der Waals surface area contributed by atoms with Gasteiger partial charge in [-0.1, -0.05) is 0 Å². The van der Waals surface area contributed by atoms with Crippen molar-refractivity contribution in [1.82, 2.24) is 0 Å². The molecule has 0 radical (unpaired) electrons. The molecule has 4 heteroatoms. The van der Waals surface area contributed by atoms with Crippen molar-refractivity contribution in [2.24, 2.45) is 0 Å². The standard InChI is InChI=1S/C8H5F2NO/c9-7-2-1-5(3-11)6(4-12)8(7)10/h1-2,12H,4H2. The van der Waals surface area contributed by atoms with Gasteiger partial charge in [0.2, 0.25) is 0 Å². The first-order chi connectivity index (χ1) is 5.70. The minimum Gasteiger partial charge on any atom is -0.392 e. The molecule has 0 aromatic heterocycles. The van der Waals surface area contributed by atoms with Crippen LogP contribution in [0.2, 0.25) is 0 Å². The molecular formula is C8H5F2NO. The van der Waals surface area contributed by atoms with Crippen LogP contribution in [0.3, 0.4) is 0 Å². The van der Waals surface area contributed by atoms with E-state index in [1.807, 2.05) is 0 Å². The molecule has 1 aromatic rings. The largest absolute Gasteiger partial charge is 0.392 e. The maximum Gasteiger partial charge on any atom is 0.165 e. The van der Waals surface area contributed by atoms with Crippen molar-refractivity contribution in [3.63, 3.8) is 0 Å². The Labute approximate surface area is 67.7 Å². The zero-order valence-corrected chi connectivity index (χ0v) is 6.01. The van der Waals surface area contributed by atoms with E-state index < -0.39 is 18.2 Å². The molecule has 0 atom stereocenters. The lowest BCUT2D eigenvalue weighted by atomic mass is 10.1. The zero-order chi connectivity index (χ0) is 9.14. The van der Waals surface area contributed by atoms with Gasteiger partial charge in [0.25, 0.3) is 0 Å². The van der Waals surface area contributed by atoms with E-state index in [1.165, 1.54) is 0 Å². The second-order valence-corrected chi connectivity index (χ2v) is 2.16. The van der Waals surface area contributed by atoms with Gasteiger partial charge in [-0.05, 0) is 12.1 Å². The highest BCUT2D eigenvalue weighted by Gasteiger charge is 2.11. The van der Waals surface area contributed by atoms with Crippen molar-refractivity contribution in [2.45, 2.75) is 6.61 Å². The zero-order valence-electron chi connectivity index (χ0n) is 6.01. The fraction of sp³-hybridized carbons (Fsp3) is 0.125. The first-order valence-corrected chi connectivity index (χ1v) is 3.18. The lowest BCUT2D eigenvalue weighted by Gasteiger charge is -2.01. The van der Waals surface area contributed by atoms with Crippen LogP contribution in [0, 0.1) is 23.0 Å². The van der Waals surface area contributed by atoms with Gasteiger partial charge in [-0.3, -0.25) is 0 Å². The van der Waals surface area contributed by atoms with Crippen LogP contribution < -0.4 is 0 Å². The Morgan fingerprint density at radius 2 is 2.08 bits per heavy atom. The first-order valence-electron chi connectivity index (χ1n) is 3.18. The summed E-state index contributed by atoms with van der Waals surface area (Å²) in [5.41, 5.74) is -0.339. The lowest BCUT2D eigenvalue weighted by molar-refractivity contribution is 0.273. The van der Waals surface area contributed by atoms with E-state index in [-0.39, 0.29) is 11.1 Å². The highest BCUT2D eigenvalue weighted by molar-refractivity contribution is 5.38. The van der Waals surface area contributed by atoms with E-state index in [0.717, 1.165) is 12.1 Å². The number of aliphatic hydroxyl groups is 1. The van der Waals surface area contributed by atoms with Crippen LogP contribution in [-0.2, 0) is 6.61 Å². The van der Waals surface area contributed by atoms with Crippen LogP contribution in [0.15, 0.2) is 12.1 Å². The van der Waals surface area contributed by atoms with Crippen molar-refractivity contribution in [3.8, 4) is 6.07 Å². The Morgan fingerprint density at radius 1 is 1.42 bits per heavy atom. The summed E-state index contributed by atoms with van der Waals surface area (Å²) < 4.78 is 25.3. The molecule has 62 valence electrons. The quantitative estimate of drug-likeness (QED) is 0.689. The molecule has 0 heterocycles. The third-order valence-electron chi connectivity index (χ3n) is 1.47. The summed E-state index contributed by atoms with van der Waals surface area (Å²) in [6, 6.07) is 3.63. The van der Waals surface area contributed by atoms with Crippen molar-refractivity contribution < 1.29 is 13.9 Å². The van der Waals surface area contributed by atoms with Crippen LogP contribution in [0.25, 0.3) is 0 Å². The van der Waals surface area contributed by atoms with E-state index in [2.05, 4.69) is 0 Å². The summed E-state index contributed by atoms with van der Waals surface area (Å²) in [6.45, 7) is -0.674. The fourth-order valence-corrected chi connectivity index (χ4v) is 0.852. The Bertz CT molecular complexity index is 344. The summed E-state index contributed by atoms with van der Waals surface area (Å²) >= 11 is 0. The number of aliphatic hydroxyl groups excluding tert-OH is 1.